The van der Waals surface area contributed by atoms with Gasteiger partial charge < -0.3 is 0 Å². The van der Waals surface area contributed by atoms with E-state index in [1.54, 1.807) is 0 Å². The standard InChI is InChI=1S/C10H20N4O2S/c1-10(2)9-12-17(15,16)14-7-5-13(4-3-11)6-8-14/h10,12H,4-9H2,1-2H3. The van der Waals surface area contributed by atoms with E-state index in [2.05, 4.69) is 10.8 Å². The van der Waals surface area contributed by atoms with Crippen LogP contribution in [0.15, 0.2) is 0 Å². The van der Waals surface area contributed by atoms with Gasteiger partial charge in [-0.15, -0.1) is 0 Å². The molecular formula is C10H20N4O2S. The molecule has 17 heavy (non-hydrogen) atoms. The van der Waals surface area contributed by atoms with Crippen molar-refractivity contribution in [3.05, 3.63) is 0 Å². The third-order valence-electron chi connectivity index (χ3n) is 2.64. The normalized spacial score (nSPS) is 19.4. The molecule has 0 aromatic heterocycles. The SMILES string of the molecule is CC(C)CNS(=O)(=O)N1CCN(CC#N)CC1. The van der Waals surface area contributed by atoms with Gasteiger partial charge in [0.05, 0.1) is 12.6 Å². The lowest BCUT2D eigenvalue weighted by atomic mass is 10.2. The van der Waals surface area contributed by atoms with Crippen LogP contribution in [0.4, 0.5) is 0 Å². The van der Waals surface area contributed by atoms with Gasteiger partial charge in [0.1, 0.15) is 0 Å². The van der Waals surface area contributed by atoms with Crippen molar-refractivity contribution in [2.75, 3.05) is 39.3 Å². The molecule has 98 valence electrons. The molecule has 0 aromatic rings. The van der Waals surface area contributed by atoms with E-state index in [4.69, 9.17) is 5.26 Å². The summed E-state index contributed by atoms with van der Waals surface area (Å²) in [6.45, 7) is 6.91. The molecule has 0 unspecified atom stereocenters. The van der Waals surface area contributed by atoms with Crippen LogP contribution in [0.25, 0.3) is 0 Å². The Labute approximate surface area is 103 Å². The van der Waals surface area contributed by atoms with Gasteiger partial charge in [-0.05, 0) is 5.92 Å². The molecule has 0 aromatic carbocycles. The van der Waals surface area contributed by atoms with Gasteiger partial charge in [-0.1, -0.05) is 13.8 Å². The molecule has 6 nitrogen and oxygen atoms in total. The molecule has 0 saturated carbocycles. The van der Waals surface area contributed by atoms with Crippen molar-refractivity contribution in [2.24, 2.45) is 5.92 Å². The van der Waals surface area contributed by atoms with E-state index < -0.39 is 10.2 Å². The first-order valence-corrected chi connectivity index (χ1v) is 7.23. The molecule has 0 radical (unpaired) electrons. The van der Waals surface area contributed by atoms with E-state index in [1.807, 2.05) is 18.7 Å². The summed E-state index contributed by atoms with van der Waals surface area (Å²) in [4.78, 5) is 1.95. The Kier molecular flexibility index (Phi) is 5.33. The third kappa shape index (κ3) is 4.60. The Morgan fingerprint density at radius 3 is 2.35 bits per heavy atom. The zero-order valence-electron chi connectivity index (χ0n) is 10.4. The summed E-state index contributed by atoms with van der Waals surface area (Å²) in [5.74, 6) is 0.296. The largest absolute Gasteiger partial charge is 0.288 e. The van der Waals surface area contributed by atoms with E-state index in [1.165, 1.54) is 4.31 Å². The lowest BCUT2D eigenvalue weighted by molar-refractivity contribution is 0.205. The molecule has 0 atom stereocenters. The minimum atomic E-state index is -3.34. The van der Waals surface area contributed by atoms with Crippen molar-refractivity contribution >= 4 is 10.2 Å². The third-order valence-corrected chi connectivity index (χ3v) is 4.22. The van der Waals surface area contributed by atoms with Gasteiger partial charge in [0.25, 0.3) is 10.2 Å². The van der Waals surface area contributed by atoms with Crippen LogP contribution in [-0.4, -0.2) is 56.9 Å². The first-order valence-electron chi connectivity index (χ1n) is 5.79. The van der Waals surface area contributed by atoms with E-state index in [0.29, 0.717) is 45.2 Å². The van der Waals surface area contributed by atoms with Crippen molar-refractivity contribution in [1.82, 2.24) is 13.9 Å². The van der Waals surface area contributed by atoms with Crippen LogP contribution in [0, 0.1) is 17.2 Å². The fourth-order valence-corrected chi connectivity index (χ4v) is 2.96. The summed E-state index contributed by atoms with van der Waals surface area (Å²) >= 11 is 0. The molecule has 1 aliphatic heterocycles. The maximum atomic E-state index is 11.9. The van der Waals surface area contributed by atoms with Crippen molar-refractivity contribution in [1.29, 1.82) is 5.26 Å². The minimum Gasteiger partial charge on any atom is -0.288 e. The predicted octanol–water partition coefficient (Wildman–Crippen LogP) is -0.382. The fourth-order valence-electron chi connectivity index (χ4n) is 1.59. The Balaban J connectivity index is 2.45. The van der Waals surface area contributed by atoms with Crippen LogP contribution in [-0.2, 0) is 10.2 Å². The molecule has 1 saturated heterocycles. The highest BCUT2D eigenvalue weighted by molar-refractivity contribution is 7.87. The summed E-state index contributed by atoms with van der Waals surface area (Å²) < 4.78 is 27.8. The number of nitrogens with one attached hydrogen (secondary N) is 1. The number of rotatable bonds is 5. The average Bonchev–Trinajstić information content (AvgIpc) is 2.28. The topological polar surface area (TPSA) is 76.4 Å². The van der Waals surface area contributed by atoms with Gasteiger partial charge in [0, 0.05) is 32.7 Å². The van der Waals surface area contributed by atoms with Gasteiger partial charge in [0.15, 0.2) is 0 Å². The van der Waals surface area contributed by atoms with Crippen LogP contribution in [0.3, 0.4) is 0 Å². The molecule has 0 aliphatic carbocycles. The number of piperazine rings is 1. The monoisotopic (exact) mass is 260 g/mol. The van der Waals surface area contributed by atoms with Crippen molar-refractivity contribution in [3.8, 4) is 6.07 Å². The molecule has 1 rings (SSSR count). The van der Waals surface area contributed by atoms with Crippen LogP contribution >= 0.6 is 0 Å². The summed E-state index contributed by atoms with van der Waals surface area (Å²) in [6, 6.07) is 2.07. The second kappa shape index (κ2) is 6.31. The van der Waals surface area contributed by atoms with Crippen LogP contribution in [0.1, 0.15) is 13.8 Å². The summed E-state index contributed by atoms with van der Waals surface area (Å²) in [6.07, 6.45) is 0. The maximum Gasteiger partial charge on any atom is 0.279 e. The number of hydrogen-bond acceptors (Lipinski definition) is 4. The van der Waals surface area contributed by atoms with Crippen molar-refractivity contribution < 1.29 is 8.42 Å². The number of nitrogens with zero attached hydrogens (tertiary/aromatic N) is 3. The molecule has 1 aliphatic rings. The average molecular weight is 260 g/mol. The molecule has 1 N–H and O–H groups in total. The summed E-state index contributed by atoms with van der Waals surface area (Å²) in [5.41, 5.74) is 0. The van der Waals surface area contributed by atoms with E-state index >= 15 is 0 Å². The van der Waals surface area contributed by atoms with Crippen LogP contribution in [0.5, 0.6) is 0 Å². The highest BCUT2D eigenvalue weighted by Gasteiger charge is 2.26. The van der Waals surface area contributed by atoms with E-state index in [-0.39, 0.29) is 0 Å². The summed E-state index contributed by atoms with van der Waals surface area (Å²) in [5, 5.41) is 8.55. The first-order chi connectivity index (χ1) is 7.95. The molecule has 1 fully saturated rings. The Hall–Kier alpha value is -0.680. The zero-order valence-corrected chi connectivity index (χ0v) is 11.2. The van der Waals surface area contributed by atoms with Crippen LogP contribution in [0.2, 0.25) is 0 Å². The second-order valence-corrected chi connectivity index (χ2v) is 6.34. The molecule has 0 amide bonds. The summed E-state index contributed by atoms with van der Waals surface area (Å²) in [7, 11) is -3.34. The van der Waals surface area contributed by atoms with Gasteiger partial charge in [-0.2, -0.15) is 18.0 Å². The fraction of sp³-hybridized carbons (Fsp3) is 0.900. The zero-order chi connectivity index (χ0) is 12.9. The van der Waals surface area contributed by atoms with Gasteiger partial charge in [0.2, 0.25) is 0 Å². The molecule has 7 heteroatoms. The van der Waals surface area contributed by atoms with Gasteiger partial charge in [-0.3, -0.25) is 4.90 Å². The van der Waals surface area contributed by atoms with E-state index in [0.717, 1.165) is 0 Å². The Morgan fingerprint density at radius 1 is 1.29 bits per heavy atom. The predicted molar refractivity (Wildman–Crippen MR) is 65.4 cm³/mol. The maximum absolute atomic E-state index is 11.9. The minimum absolute atomic E-state index is 0.296. The quantitative estimate of drug-likeness (QED) is 0.684. The number of hydrogen-bond donors (Lipinski definition) is 1. The highest BCUT2D eigenvalue weighted by atomic mass is 32.2. The molecular weight excluding hydrogens is 240 g/mol. The molecule has 1 heterocycles. The van der Waals surface area contributed by atoms with E-state index in [9.17, 15) is 8.42 Å². The van der Waals surface area contributed by atoms with Gasteiger partial charge in [-0.25, -0.2) is 4.72 Å². The van der Waals surface area contributed by atoms with Crippen molar-refractivity contribution in [3.63, 3.8) is 0 Å². The first kappa shape index (κ1) is 14.4. The number of nitriles is 1. The van der Waals surface area contributed by atoms with Crippen LogP contribution < -0.4 is 4.72 Å². The molecule has 0 bridgehead atoms. The second-order valence-electron chi connectivity index (χ2n) is 4.58. The van der Waals surface area contributed by atoms with Gasteiger partial charge >= 0.3 is 0 Å². The Bertz CT molecular complexity index is 366. The van der Waals surface area contributed by atoms with Crippen molar-refractivity contribution in [2.45, 2.75) is 13.8 Å². The smallest absolute Gasteiger partial charge is 0.279 e. The molecule has 0 spiro atoms. The lowest BCUT2D eigenvalue weighted by Gasteiger charge is -2.32. The Morgan fingerprint density at radius 2 is 1.88 bits per heavy atom. The highest BCUT2D eigenvalue weighted by Crippen LogP contribution is 2.06. The lowest BCUT2D eigenvalue weighted by Crippen LogP contribution is -2.52.